The summed E-state index contributed by atoms with van der Waals surface area (Å²) >= 11 is 0. The topological polar surface area (TPSA) is 92.5 Å². The molecule has 0 aromatic carbocycles. The molecule has 3 heterocycles. The Morgan fingerprint density at radius 1 is 1.36 bits per heavy atom. The molecule has 0 atom stereocenters. The second-order valence-electron chi connectivity index (χ2n) is 6.83. The normalized spacial score (nSPS) is 31.3. The molecule has 0 amide bonds. The molecule has 1 aromatic rings. The second kappa shape index (κ2) is 4.32. The van der Waals surface area contributed by atoms with E-state index in [1.807, 2.05) is 13.8 Å². The van der Waals surface area contributed by atoms with E-state index in [0.29, 0.717) is 30.8 Å². The number of nitrogens with zero attached hydrogens (tertiary/aromatic N) is 3. The number of carboxylic acid groups (broad SMARTS) is 1. The van der Waals surface area contributed by atoms with Crippen LogP contribution in [0.25, 0.3) is 0 Å². The summed E-state index contributed by atoms with van der Waals surface area (Å²) in [5.41, 5.74) is -0.515. The SMILES string of the molecule is CCn1nc(C)c(S(=O)(=O)N2CC3(C)CC2(C(=O)O)C3)c1C. The van der Waals surface area contributed by atoms with Crippen LogP contribution in [0.2, 0.25) is 0 Å². The zero-order valence-electron chi connectivity index (χ0n) is 13.3. The molecule has 1 aromatic heterocycles. The van der Waals surface area contributed by atoms with E-state index >= 15 is 0 Å². The fourth-order valence-corrected chi connectivity index (χ4v) is 6.45. The lowest BCUT2D eigenvalue weighted by molar-refractivity contribution is -0.151. The van der Waals surface area contributed by atoms with Crippen molar-refractivity contribution >= 4 is 16.0 Å². The van der Waals surface area contributed by atoms with Gasteiger partial charge in [0.2, 0.25) is 10.0 Å². The first-order chi connectivity index (χ1) is 10.1. The summed E-state index contributed by atoms with van der Waals surface area (Å²) in [5, 5.41) is 13.8. The lowest BCUT2D eigenvalue weighted by Crippen LogP contribution is -2.56. The van der Waals surface area contributed by atoms with E-state index in [1.165, 1.54) is 4.31 Å². The van der Waals surface area contributed by atoms with Gasteiger partial charge in [-0.2, -0.15) is 9.40 Å². The van der Waals surface area contributed by atoms with E-state index in [1.54, 1.807) is 18.5 Å². The highest BCUT2D eigenvalue weighted by molar-refractivity contribution is 7.89. The maximum Gasteiger partial charge on any atom is 0.325 e. The van der Waals surface area contributed by atoms with Crippen molar-refractivity contribution in [3.8, 4) is 0 Å². The predicted octanol–water partition coefficient (Wildman–Crippen LogP) is 1.15. The van der Waals surface area contributed by atoms with Crippen LogP contribution in [0.3, 0.4) is 0 Å². The van der Waals surface area contributed by atoms with Crippen LogP contribution in [0.4, 0.5) is 0 Å². The summed E-state index contributed by atoms with van der Waals surface area (Å²) in [6.07, 6.45) is 0.767. The Bertz CT molecular complexity index is 759. The minimum absolute atomic E-state index is 0.158. The highest BCUT2D eigenvalue weighted by Gasteiger charge is 2.70. The van der Waals surface area contributed by atoms with Crippen LogP contribution in [0.15, 0.2) is 4.90 Å². The number of carboxylic acids is 1. The molecule has 22 heavy (non-hydrogen) atoms. The minimum Gasteiger partial charge on any atom is -0.480 e. The molecule has 4 rings (SSSR count). The third-order valence-electron chi connectivity index (χ3n) is 5.00. The Morgan fingerprint density at radius 3 is 2.41 bits per heavy atom. The molecule has 8 heteroatoms. The van der Waals surface area contributed by atoms with Crippen molar-refractivity contribution in [1.29, 1.82) is 0 Å². The van der Waals surface area contributed by atoms with Gasteiger partial charge in [0.15, 0.2) is 0 Å². The Labute approximate surface area is 130 Å². The first-order valence-electron chi connectivity index (χ1n) is 7.38. The molecular formula is C14H21N3O4S. The summed E-state index contributed by atoms with van der Waals surface area (Å²) in [5.74, 6) is -1.05. The number of fused-ring (bicyclic) bond motifs is 1. The molecule has 3 aliphatic rings. The zero-order chi connectivity index (χ0) is 16.5. The fourth-order valence-electron chi connectivity index (χ4n) is 4.19. The van der Waals surface area contributed by atoms with E-state index in [4.69, 9.17) is 0 Å². The van der Waals surface area contributed by atoms with Gasteiger partial charge in [0, 0.05) is 13.1 Å². The summed E-state index contributed by atoms with van der Waals surface area (Å²) in [6.45, 7) is 8.04. The van der Waals surface area contributed by atoms with Crippen LogP contribution in [0.5, 0.6) is 0 Å². The molecule has 1 saturated carbocycles. The molecular weight excluding hydrogens is 306 g/mol. The van der Waals surface area contributed by atoms with Gasteiger partial charge in [-0.1, -0.05) is 6.92 Å². The monoisotopic (exact) mass is 327 g/mol. The van der Waals surface area contributed by atoms with Crippen molar-refractivity contribution in [3.63, 3.8) is 0 Å². The molecule has 122 valence electrons. The fraction of sp³-hybridized carbons (Fsp3) is 0.714. The van der Waals surface area contributed by atoms with Crippen LogP contribution in [0.1, 0.15) is 38.1 Å². The summed E-state index contributed by atoms with van der Waals surface area (Å²) in [4.78, 5) is 11.9. The average molecular weight is 327 g/mol. The molecule has 2 aliphatic heterocycles. The van der Waals surface area contributed by atoms with Gasteiger partial charge >= 0.3 is 5.97 Å². The maximum absolute atomic E-state index is 13.1. The number of carbonyl (C=O) groups is 1. The van der Waals surface area contributed by atoms with Gasteiger partial charge in [-0.25, -0.2) is 8.42 Å². The highest BCUT2D eigenvalue weighted by atomic mass is 32.2. The standard InChI is InChI=1S/C14H21N3O4S/c1-5-16-10(3)11(9(2)15-16)22(20,21)17-8-13(4)6-14(17,7-13)12(18)19/h5-8H2,1-4H3,(H,18,19). The van der Waals surface area contributed by atoms with E-state index in [2.05, 4.69) is 5.10 Å². The number of aryl methyl sites for hydroxylation is 2. The Balaban J connectivity index is 2.12. The van der Waals surface area contributed by atoms with Crippen LogP contribution in [0, 0.1) is 19.3 Å². The lowest BCUT2D eigenvalue weighted by atomic mass is 9.63. The summed E-state index contributed by atoms with van der Waals surface area (Å²) in [7, 11) is -3.87. The minimum atomic E-state index is -3.87. The number of hydrogen-bond acceptors (Lipinski definition) is 4. The molecule has 2 saturated heterocycles. The van der Waals surface area contributed by atoms with E-state index < -0.39 is 21.5 Å². The van der Waals surface area contributed by atoms with Gasteiger partial charge in [-0.15, -0.1) is 0 Å². The molecule has 0 unspecified atom stereocenters. The van der Waals surface area contributed by atoms with Gasteiger partial charge in [0.1, 0.15) is 10.4 Å². The van der Waals surface area contributed by atoms with Crippen LogP contribution >= 0.6 is 0 Å². The number of hydrogen-bond donors (Lipinski definition) is 1. The smallest absolute Gasteiger partial charge is 0.325 e. The van der Waals surface area contributed by atoms with Gasteiger partial charge < -0.3 is 5.11 Å². The van der Waals surface area contributed by atoms with Gasteiger partial charge in [0.25, 0.3) is 0 Å². The van der Waals surface area contributed by atoms with E-state index in [0.717, 1.165) is 0 Å². The number of sulfonamides is 1. The molecule has 0 radical (unpaired) electrons. The van der Waals surface area contributed by atoms with E-state index in [-0.39, 0.29) is 16.9 Å². The van der Waals surface area contributed by atoms with Gasteiger partial charge in [-0.05, 0) is 39.0 Å². The van der Waals surface area contributed by atoms with Gasteiger partial charge in [0.05, 0.1) is 11.4 Å². The second-order valence-corrected chi connectivity index (χ2v) is 8.63. The number of aromatic nitrogens is 2. The molecule has 1 aliphatic carbocycles. The molecule has 2 bridgehead atoms. The third-order valence-corrected chi connectivity index (χ3v) is 7.17. The van der Waals surface area contributed by atoms with Crippen molar-refractivity contribution in [2.45, 2.75) is 57.5 Å². The molecule has 1 N–H and O–H groups in total. The van der Waals surface area contributed by atoms with Crippen LogP contribution < -0.4 is 0 Å². The first-order valence-corrected chi connectivity index (χ1v) is 8.82. The number of aliphatic carboxylic acids is 1. The Morgan fingerprint density at radius 2 is 1.95 bits per heavy atom. The highest BCUT2D eigenvalue weighted by Crippen LogP contribution is 2.60. The molecule has 3 fully saturated rings. The van der Waals surface area contributed by atoms with Crippen molar-refractivity contribution in [1.82, 2.24) is 14.1 Å². The maximum atomic E-state index is 13.1. The van der Waals surface area contributed by atoms with Crippen molar-refractivity contribution in [3.05, 3.63) is 11.4 Å². The van der Waals surface area contributed by atoms with Gasteiger partial charge in [-0.3, -0.25) is 9.48 Å². The molecule has 0 spiro atoms. The van der Waals surface area contributed by atoms with Crippen molar-refractivity contribution in [2.75, 3.05) is 6.54 Å². The largest absolute Gasteiger partial charge is 0.480 e. The quantitative estimate of drug-likeness (QED) is 0.895. The summed E-state index contributed by atoms with van der Waals surface area (Å²) in [6, 6.07) is 0. The van der Waals surface area contributed by atoms with Crippen LogP contribution in [-0.2, 0) is 21.4 Å². The number of rotatable bonds is 4. The van der Waals surface area contributed by atoms with Crippen molar-refractivity contribution < 1.29 is 18.3 Å². The third kappa shape index (κ3) is 1.73. The van der Waals surface area contributed by atoms with E-state index in [9.17, 15) is 18.3 Å². The van der Waals surface area contributed by atoms with Crippen molar-refractivity contribution in [2.24, 2.45) is 5.41 Å². The Hall–Kier alpha value is -1.41. The lowest BCUT2D eigenvalue weighted by Gasteiger charge is -2.42. The summed E-state index contributed by atoms with van der Waals surface area (Å²) < 4.78 is 29.0. The first kappa shape index (κ1) is 15.5. The predicted molar refractivity (Wildman–Crippen MR) is 79.0 cm³/mol. The molecule has 7 nitrogen and oxygen atoms in total. The average Bonchev–Trinajstić information content (AvgIpc) is 2.95. The Kier molecular flexibility index (Phi) is 3.04. The zero-order valence-corrected chi connectivity index (χ0v) is 14.1. The van der Waals surface area contributed by atoms with Crippen LogP contribution in [-0.4, -0.2) is 45.7 Å².